The van der Waals surface area contributed by atoms with Crippen LogP contribution >= 0.6 is 0 Å². The number of anilines is 1. The van der Waals surface area contributed by atoms with Crippen molar-refractivity contribution in [1.82, 2.24) is 10.2 Å². The van der Waals surface area contributed by atoms with Gasteiger partial charge in [-0.3, -0.25) is 14.4 Å². The number of carbonyl (C=O) groups is 3. The summed E-state index contributed by atoms with van der Waals surface area (Å²) in [6, 6.07) is 4.84. The number of hydrogen-bond donors (Lipinski definition) is 2. The molecule has 38 heavy (non-hydrogen) atoms. The fraction of sp³-hybridized carbons (Fsp3) is 0.633. The minimum atomic E-state index is -1.18. The van der Waals surface area contributed by atoms with E-state index in [4.69, 9.17) is 4.74 Å². The molecule has 8 heteroatoms. The number of carbonyl (C=O) groups excluding carboxylic acids is 3. The highest BCUT2D eigenvalue weighted by molar-refractivity contribution is 6.03. The average Bonchev–Trinajstić information content (AvgIpc) is 3.34. The highest BCUT2D eigenvalue weighted by Gasteiger charge is 2.76. The van der Waals surface area contributed by atoms with E-state index in [0.29, 0.717) is 5.69 Å². The molecule has 0 aromatic heterocycles. The molecule has 2 N–H and O–H groups in total. The lowest BCUT2D eigenvalue weighted by molar-refractivity contribution is -0.147. The van der Waals surface area contributed by atoms with Gasteiger partial charge in [-0.25, -0.2) is 4.39 Å². The molecule has 6 rings (SSSR count). The fourth-order valence-electron chi connectivity index (χ4n) is 7.78. The van der Waals surface area contributed by atoms with Crippen LogP contribution in [0.4, 0.5) is 10.1 Å². The summed E-state index contributed by atoms with van der Waals surface area (Å²) >= 11 is 0. The summed E-state index contributed by atoms with van der Waals surface area (Å²) in [6.45, 7) is 1.82. The normalized spacial score (nSPS) is 35.3. The zero-order valence-corrected chi connectivity index (χ0v) is 22.1. The van der Waals surface area contributed by atoms with Gasteiger partial charge in [-0.2, -0.15) is 0 Å². The average molecular weight is 524 g/mol. The van der Waals surface area contributed by atoms with E-state index >= 15 is 0 Å². The van der Waals surface area contributed by atoms with Gasteiger partial charge >= 0.3 is 0 Å². The van der Waals surface area contributed by atoms with Crippen molar-refractivity contribution in [2.24, 2.45) is 11.8 Å². The number of halogens is 1. The molecular weight excluding hydrogens is 485 g/mol. The molecule has 2 bridgehead atoms. The Kier molecular flexibility index (Phi) is 6.57. The van der Waals surface area contributed by atoms with Gasteiger partial charge in [-0.15, -0.1) is 0 Å². The molecule has 4 fully saturated rings. The Morgan fingerprint density at radius 1 is 0.921 bits per heavy atom. The number of likely N-dealkylation sites (tertiary alicyclic amines) is 1. The highest BCUT2D eigenvalue weighted by atomic mass is 19.1. The molecule has 7 nitrogen and oxygen atoms in total. The molecule has 1 aromatic carbocycles. The van der Waals surface area contributed by atoms with Gasteiger partial charge in [-0.05, 0) is 56.9 Å². The second kappa shape index (κ2) is 9.78. The second-order valence-electron chi connectivity index (χ2n) is 12.1. The van der Waals surface area contributed by atoms with E-state index in [-0.39, 0.29) is 29.8 Å². The number of benzene rings is 1. The van der Waals surface area contributed by atoms with Gasteiger partial charge in [0.15, 0.2) is 0 Å². The highest BCUT2D eigenvalue weighted by Crippen LogP contribution is 2.60. The number of nitrogens with one attached hydrogen (secondary N) is 2. The first kappa shape index (κ1) is 25.5. The molecule has 3 heterocycles. The zero-order chi connectivity index (χ0) is 26.5. The molecule has 0 unspecified atom stereocenters. The molecule has 1 spiro atoms. The maximum Gasteiger partial charge on any atom is 0.246 e. The van der Waals surface area contributed by atoms with Gasteiger partial charge in [0.05, 0.1) is 17.4 Å². The lowest BCUT2D eigenvalue weighted by atomic mass is 9.70. The van der Waals surface area contributed by atoms with E-state index in [1.165, 1.54) is 30.7 Å². The van der Waals surface area contributed by atoms with Crippen molar-refractivity contribution in [3.63, 3.8) is 0 Å². The molecule has 204 valence electrons. The standard InChI is InChI=1S/C30H38FN3O4/c1-29-17-18-30(38-29)24(23(29)26(35)32-21-15-13-19(31)14-16-21)28(37)34(22-11-7-2-3-8-12-22)25(30)27(36)33-20-9-5-4-6-10-20/h13-18,20,22-25H,2-12H2,1H3,(H,32,35)(H,33,36)/t23-,24-,25+,29-,30-/m0/s1. The number of fused-ring (bicyclic) bond motifs is 1. The number of ether oxygens (including phenoxy) is 1. The van der Waals surface area contributed by atoms with Gasteiger partial charge in [0.2, 0.25) is 17.7 Å². The molecule has 3 aliphatic heterocycles. The van der Waals surface area contributed by atoms with E-state index in [2.05, 4.69) is 10.6 Å². The van der Waals surface area contributed by atoms with E-state index in [1.54, 1.807) is 0 Å². The Hall–Kier alpha value is -2.74. The van der Waals surface area contributed by atoms with Crippen molar-refractivity contribution in [3.8, 4) is 0 Å². The quantitative estimate of drug-likeness (QED) is 0.440. The minimum absolute atomic E-state index is 0.0447. The summed E-state index contributed by atoms with van der Waals surface area (Å²) in [5, 5.41) is 6.15. The second-order valence-corrected chi connectivity index (χ2v) is 12.1. The Morgan fingerprint density at radius 2 is 1.55 bits per heavy atom. The number of nitrogens with zero attached hydrogens (tertiary/aromatic N) is 1. The van der Waals surface area contributed by atoms with Crippen molar-refractivity contribution < 1.29 is 23.5 Å². The summed E-state index contributed by atoms with van der Waals surface area (Å²) in [5.41, 5.74) is -1.73. The van der Waals surface area contributed by atoms with Crippen LogP contribution in [0.25, 0.3) is 0 Å². The van der Waals surface area contributed by atoms with E-state index in [0.717, 1.165) is 64.2 Å². The first-order valence-electron chi connectivity index (χ1n) is 14.4. The Bertz CT molecular complexity index is 1120. The van der Waals surface area contributed by atoms with Crippen LogP contribution in [0.1, 0.15) is 77.6 Å². The summed E-state index contributed by atoms with van der Waals surface area (Å²) < 4.78 is 20.1. The zero-order valence-electron chi connectivity index (χ0n) is 22.1. The van der Waals surface area contributed by atoms with Gasteiger partial charge in [-0.1, -0.05) is 57.1 Å². The summed E-state index contributed by atoms with van der Waals surface area (Å²) in [5.74, 6) is -2.65. The monoisotopic (exact) mass is 523 g/mol. The van der Waals surface area contributed by atoms with E-state index < -0.39 is 34.9 Å². The SMILES string of the molecule is C[C@@]12C=C[C@]3(O1)[C@H](C(=O)N(C1CCCCCC1)[C@@H]3C(=O)NC1CCCCC1)[C@H]2C(=O)Nc1ccc(F)cc1. The minimum Gasteiger partial charge on any atom is -0.356 e. The molecule has 5 aliphatic rings. The molecule has 3 amide bonds. The van der Waals surface area contributed by atoms with Crippen LogP contribution < -0.4 is 10.6 Å². The van der Waals surface area contributed by atoms with Crippen LogP contribution in [0.2, 0.25) is 0 Å². The van der Waals surface area contributed by atoms with E-state index in [9.17, 15) is 18.8 Å². The molecular formula is C30H38FN3O4. The lowest BCUT2D eigenvalue weighted by Gasteiger charge is -2.38. The van der Waals surface area contributed by atoms with Gasteiger partial charge in [0, 0.05) is 17.8 Å². The molecule has 2 saturated heterocycles. The molecule has 0 radical (unpaired) electrons. The molecule has 2 aliphatic carbocycles. The van der Waals surface area contributed by atoms with Crippen LogP contribution in [0.15, 0.2) is 36.4 Å². The van der Waals surface area contributed by atoms with Crippen LogP contribution in [-0.4, -0.2) is 51.9 Å². The largest absolute Gasteiger partial charge is 0.356 e. The lowest BCUT2D eigenvalue weighted by Crippen LogP contribution is -2.58. The Labute approximate surface area is 223 Å². The smallest absolute Gasteiger partial charge is 0.246 e. The van der Waals surface area contributed by atoms with E-state index in [1.807, 2.05) is 24.0 Å². The first-order valence-corrected chi connectivity index (χ1v) is 14.4. The predicted molar refractivity (Wildman–Crippen MR) is 141 cm³/mol. The van der Waals surface area contributed by atoms with Crippen LogP contribution in [0, 0.1) is 17.7 Å². The maximum atomic E-state index is 14.3. The van der Waals surface area contributed by atoms with Gasteiger partial charge < -0.3 is 20.3 Å². The topological polar surface area (TPSA) is 87.7 Å². The Balaban J connectivity index is 1.35. The predicted octanol–water partition coefficient (Wildman–Crippen LogP) is 4.48. The van der Waals surface area contributed by atoms with Crippen LogP contribution in [0.3, 0.4) is 0 Å². The van der Waals surface area contributed by atoms with Crippen molar-refractivity contribution in [2.75, 3.05) is 5.32 Å². The Morgan fingerprint density at radius 3 is 2.24 bits per heavy atom. The van der Waals surface area contributed by atoms with Crippen molar-refractivity contribution in [2.45, 2.75) is 107 Å². The van der Waals surface area contributed by atoms with Crippen molar-refractivity contribution in [1.29, 1.82) is 0 Å². The number of rotatable bonds is 5. The number of amides is 3. The third-order valence-corrected chi connectivity index (χ3v) is 9.55. The molecule has 2 saturated carbocycles. The number of hydrogen-bond acceptors (Lipinski definition) is 4. The summed E-state index contributed by atoms with van der Waals surface area (Å²) in [7, 11) is 0. The van der Waals surface area contributed by atoms with Crippen molar-refractivity contribution in [3.05, 3.63) is 42.2 Å². The summed E-state index contributed by atoms with van der Waals surface area (Å²) in [6.07, 6.45) is 15.0. The van der Waals surface area contributed by atoms with Gasteiger partial charge in [0.25, 0.3) is 0 Å². The molecule has 1 aromatic rings. The maximum absolute atomic E-state index is 14.3. The van der Waals surface area contributed by atoms with Gasteiger partial charge in [0.1, 0.15) is 17.5 Å². The third-order valence-electron chi connectivity index (χ3n) is 9.55. The fourth-order valence-corrected chi connectivity index (χ4v) is 7.78. The van der Waals surface area contributed by atoms with Crippen LogP contribution in [-0.2, 0) is 19.1 Å². The summed E-state index contributed by atoms with van der Waals surface area (Å²) in [4.78, 5) is 43.9. The molecule has 5 atom stereocenters. The first-order chi connectivity index (χ1) is 18.3. The van der Waals surface area contributed by atoms with Crippen LogP contribution in [0.5, 0.6) is 0 Å². The van der Waals surface area contributed by atoms with Crippen molar-refractivity contribution >= 4 is 23.4 Å². The third kappa shape index (κ3) is 4.16.